The van der Waals surface area contributed by atoms with Gasteiger partial charge in [-0.2, -0.15) is 23.5 Å². The van der Waals surface area contributed by atoms with Gasteiger partial charge in [-0.1, -0.05) is 129 Å². The Labute approximate surface area is 348 Å². The lowest BCUT2D eigenvalue weighted by molar-refractivity contribution is -0.383. The molecule has 0 bridgehead atoms. The third-order valence-corrected chi connectivity index (χ3v) is 12.8. The average molecular weight is 845 g/mol. The topological polar surface area (TPSA) is 199 Å². The Morgan fingerprint density at radius 2 is 0.893 bits per heavy atom. The Balaban J connectivity index is 0.000000593. The maximum atomic E-state index is 10.00. The van der Waals surface area contributed by atoms with Crippen LogP contribution in [0.1, 0.15) is 155 Å². The second-order valence-corrected chi connectivity index (χ2v) is 17.9. The Morgan fingerprint density at radius 3 is 1.29 bits per heavy atom. The monoisotopic (exact) mass is 845 g/mol. The molecule has 0 amide bonds. The molecule has 2 saturated heterocycles. The summed E-state index contributed by atoms with van der Waals surface area (Å²) in [4.78, 5) is 0. The molecule has 0 spiro atoms. The van der Waals surface area contributed by atoms with Gasteiger partial charge in [0.15, 0.2) is 6.29 Å². The standard InChI is InChI=1S/C30H62OS2.C12H22O11/c1-3-5-7-9-11-13-15-17-19-21-27-32-29-23-25-31-26-24-30-33-28-22-20-18-16-14-12-10-8-6-4-2;13-1-4-6(16)8(18)9(19)11(21-4)23-12(3-15)10(20)7(17)5(2-14)22-12/h3-30H2,1-2H3;4-11,13-20H,1-3H2/t;4-,5-,6-,7-,8+,9-,10+,11-,12+/m.1/s1. The highest BCUT2D eigenvalue weighted by Crippen LogP contribution is 2.36. The first kappa shape index (κ1) is 54.2. The molecule has 336 valence electrons. The molecule has 56 heavy (non-hydrogen) atoms. The van der Waals surface area contributed by atoms with Gasteiger partial charge in [-0.15, -0.1) is 0 Å². The Hall–Kier alpha value is 0.220. The highest BCUT2D eigenvalue weighted by Gasteiger charge is 2.58. The highest BCUT2D eigenvalue weighted by molar-refractivity contribution is 7.99. The Morgan fingerprint density at radius 1 is 0.482 bits per heavy atom. The van der Waals surface area contributed by atoms with Crippen LogP contribution in [-0.4, -0.2) is 152 Å². The van der Waals surface area contributed by atoms with Crippen molar-refractivity contribution in [2.45, 2.75) is 210 Å². The van der Waals surface area contributed by atoms with Crippen molar-refractivity contribution in [2.24, 2.45) is 0 Å². The van der Waals surface area contributed by atoms with Crippen molar-refractivity contribution in [3.8, 4) is 0 Å². The predicted octanol–water partition coefficient (Wildman–Crippen LogP) is 5.70. The fraction of sp³-hybridized carbons (Fsp3) is 1.00. The van der Waals surface area contributed by atoms with E-state index in [4.69, 9.17) is 29.2 Å². The molecule has 14 heteroatoms. The van der Waals surface area contributed by atoms with Crippen LogP contribution in [0.2, 0.25) is 0 Å². The second-order valence-electron chi connectivity index (χ2n) is 15.5. The van der Waals surface area contributed by atoms with Crippen molar-refractivity contribution >= 4 is 23.5 Å². The third-order valence-electron chi connectivity index (χ3n) is 10.5. The van der Waals surface area contributed by atoms with Crippen molar-refractivity contribution in [2.75, 3.05) is 56.0 Å². The normalized spacial score (nSPS) is 27.8. The van der Waals surface area contributed by atoms with Crippen LogP contribution in [-0.2, 0) is 18.9 Å². The predicted molar refractivity (Wildman–Crippen MR) is 227 cm³/mol. The molecule has 9 atom stereocenters. The average Bonchev–Trinajstić information content (AvgIpc) is 3.45. The molecule has 2 aliphatic heterocycles. The SMILES string of the molecule is CCCCCCCCCCCCSCCCOCCCSCCCCCCCCCCCC.OC[C@H]1O[C@@](CO)(O[C@H]2O[C@H](CO)[C@@H](O)[C@H](O)[C@H]2O)[C@@H](O)[C@@H]1O. The van der Waals surface area contributed by atoms with Gasteiger partial charge in [0, 0.05) is 13.2 Å². The van der Waals surface area contributed by atoms with E-state index in [2.05, 4.69) is 37.4 Å². The van der Waals surface area contributed by atoms with Crippen molar-refractivity contribution in [3.05, 3.63) is 0 Å². The van der Waals surface area contributed by atoms with Crippen LogP contribution in [0.5, 0.6) is 0 Å². The van der Waals surface area contributed by atoms with Crippen LogP contribution >= 0.6 is 23.5 Å². The molecule has 8 N–H and O–H groups in total. The summed E-state index contributed by atoms with van der Waals surface area (Å²) in [5.74, 6) is 3.05. The summed E-state index contributed by atoms with van der Waals surface area (Å²) in [6, 6.07) is 0. The fourth-order valence-corrected chi connectivity index (χ4v) is 8.72. The van der Waals surface area contributed by atoms with Crippen LogP contribution in [0.4, 0.5) is 0 Å². The van der Waals surface area contributed by atoms with Gasteiger partial charge in [-0.05, 0) is 48.7 Å². The van der Waals surface area contributed by atoms with Gasteiger partial charge in [-0.25, -0.2) is 0 Å². The number of ether oxygens (including phenoxy) is 4. The van der Waals surface area contributed by atoms with E-state index in [9.17, 15) is 30.6 Å². The van der Waals surface area contributed by atoms with E-state index in [1.165, 1.54) is 164 Å². The molecule has 0 aromatic heterocycles. The largest absolute Gasteiger partial charge is 0.394 e. The summed E-state index contributed by atoms with van der Waals surface area (Å²) in [6.07, 6.45) is 18.6. The summed E-state index contributed by atoms with van der Waals surface area (Å²) in [5, 5.41) is 76.7. The molecule has 0 unspecified atom stereocenters. The van der Waals surface area contributed by atoms with E-state index >= 15 is 0 Å². The smallest absolute Gasteiger partial charge is 0.224 e. The molecule has 0 radical (unpaired) electrons. The van der Waals surface area contributed by atoms with Gasteiger partial charge >= 0.3 is 0 Å². The molecule has 0 aliphatic carbocycles. The van der Waals surface area contributed by atoms with Gasteiger partial charge in [0.05, 0.1) is 13.2 Å². The number of rotatable bonds is 35. The molecule has 12 nitrogen and oxygen atoms in total. The van der Waals surface area contributed by atoms with E-state index < -0.39 is 74.6 Å². The lowest BCUT2D eigenvalue weighted by atomic mass is 9.99. The van der Waals surface area contributed by atoms with E-state index in [-0.39, 0.29) is 0 Å². The number of hydrogen-bond acceptors (Lipinski definition) is 14. The molecule has 2 rings (SSSR count). The zero-order chi connectivity index (χ0) is 41.3. The van der Waals surface area contributed by atoms with Crippen LogP contribution in [0, 0.1) is 0 Å². The lowest BCUT2D eigenvalue weighted by Crippen LogP contribution is -2.62. The van der Waals surface area contributed by atoms with E-state index in [1.54, 1.807) is 0 Å². The summed E-state index contributed by atoms with van der Waals surface area (Å²) >= 11 is 4.27. The van der Waals surface area contributed by atoms with E-state index in [0.29, 0.717) is 0 Å². The number of aliphatic hydroxyl groups is 8. The number of thioether (sulfide) groups is 2. The zero-order valence-electron chi connectivity index (χ0n) is 35.1. The van der Waals surface area contributed by atoms with Gasteiger partial charge in [0.2, 0.25) is 5.79 Å². The van der Waals surface area contributed by atoms with E-state index in [1.807, 2.05) is 0 Å². The minimum atomic E-state index is -2.22. The molecular weight excluding hydrogens is 761 g/mol. The maximum absolute atomic E-state index is 10.00. The number of hydrogen-bond donors (Lipinski definition) is 8. The van der Waals surface area contributed by atoms with Crippen molar-refractivity contribution in [1.29, 1.82) is 0 Å². The van der Waals surface area contributed by atoms with E-state index in [0.717, 1.165) is 13.2 Å². The first-order chi connectivity index (χ1) is 27.2. The summed E-state index contributed by atoms with van der Waals surface area (Å²) in [7, 11) is 0. The number of aliphatic hydroxyl groups excluding tert-OH is 8. The van der Waals surface area contributed by atoms with Gasteiger partial charge in [-0.3, -0.25) is 0 Å². The van der Waals surface area contributed by atoms with Gasteiger partial charge in [0.1, 0.15) is 49.3 Å². The number of unbranched alkanes of at least 4 members (excludes halogenated alkanes) is 18. The quantitative estimate of drug-likeness (QED) is 0.0362. The van der Waals surface area contributed by atoms with Crippen molar-refractivity contribution in [1.82, 2.24) is 0 Å². The first-order valence-corrected chi connectivity index (χ1v) is 24.5. The van der Waals surface area contributed by atoms with Crippen LogP contribution in [0.15, 0.2) is 0 Å². The maximum Gasteiger partial charge on any atom is 0.224 e. The molecule has 2 heterocycles. The third kappa shape index (κ3) is 23.3. The van der Waals surface area contributed by atoms with Crippen LogP contribution < -0.4 is 0 Å². The molecule has 2 aliphatic rings. The molecule has 2 fully saturated rings. The molecule has 0 aromatic rings. The summed E-state index contributed by atoms with van der Waals surface area (Å²) in [6.45, 7) is 4.21. The molecule has 0 saturated carbocycles. The Kier molecular flexibility index (Phi) is 34.8. The highest BCUT2D eigenvalue weighted by atomic mass is 32.2. The van der Waals surface area contributed by atoms with Gasteiger partial charge in [0.25, 0.3) is 0 Å². The van der Waals surface area contributed by atoms with Crippen LogP contribution in [0.3, 0.4) is 0 Å². The first-order valence-electron chi connectivity index (χ1n) is 22.2. The van der Waals surface area contributed by atoms with Gasteiger partial charge < -0.3 is 59.8 Å². The van der Waals surface area contributed by atoms with Crippen LogP contribution in [0.25, 0.3) is 0 Å². The van der Waals surface area contributed by atoms with Crippen molar-refractivity contribution in [3.63, 3.8) is 0 Å². The summed E-state index contributed by atoms with van der Waals surface area (Å²) < 4.78 is 21.3. The summed E-state index contributed by atoms with van der Waals surface area (Å²) in [5.41, 5.74) is 0. The fourth-order valence-electron chi connectivity index (χ4n) is 6.85. The van der Waals surface area contributed by atoms with Crippen molar-refractivity contribution < 1.29 is 59.8 Å². The Bertz CT molecular complexity index is 835. The zero-order valence-corrected chi connectivity index (χ0v) is 36.7. The lowest BCUT2D eigenvalue weighted by Gasteiger charge is -2.43. The minimum absolute atomic E-state index is 0.669. The molecule has 0 aromatic carbocycles. The second kappa shape index (κ2) is 35.9. The minimum Gasteiger partial charge on any atom is -0.394 e. The molecular formula is C42H84O12S2.